The summed E-state index contributed by atoms with van der Waals surface area (Å²) in [5, 5.41) is 15.2. The Labute approximate surface area is 161 Å². The van der Waals surface area contributed by atoms with Crippen molar-refractivity contribution in [2.75, 3.05) is 0 Å². The van der Waals surface area contributed by atoms with E-state index in [9.17, 15) is 4.79 Å². The van der Waals surface area contributed by atoms with Crippen LogP contribution in [0.15, 0.2) is 47.1 Å². The Bertz CT molecular complexity index is 1130. The number of amides is 1. The molecule has 0 spiro atoms. The van der Waals surface area contributed by atoms with Crippen LogP contribution >= 0.6 is 0 Å². The van der Waals surface area contributed by atoms with Crippen LogP contribution in [0, 0.1) is 6.92 Å². The molecule has 0 aliphatic heterocycles. The molecule has 4 aromatic rings. The van der Waals surface area contributed by atoms with Gasteiger partial charge in [0.15, 0.2) is 17.3 Å². The van der Waals surface area contributed by atoms with Crippen LogP contribution < -0.4 is 5.32 Å². The molecule has 0 aliphatic rings. The second-order valence-electron chi connectivity index (χ2n) is 6.92. The van der Waals surface area contributed by atoms with Gasteiger partial charge in [-0.15, -0.1) is 10.2 Å². The topological polar surface area (TPSA) is 98.2 Å². The number of pyridine rings is 1. The van der Waals surface area contributed by atoms with Gasteiger partial charge in [0.05, 0.1) is 6.54 Å². The molecule has 1 aromatic carbocycles. The van der Waals surface area contributed by atoms with Gasteiger partial charge in [-0.05, 0) is 31.2 Å². The van der Waals surface area contributed by atoms with E-state index in [1.54, 1.807) is 12.1 Å². The van der Waals surface area contributed by atoms with E-state index in [0.717, 1.165) is 11.1 Å². The summed E-state index contributed by atoms with van der Waals surface area (Å²) in [7, 11) is 0. The Balaban J connectivity index is 1.51. The minimum Gasteiger partial charge on any atom is -0.345 e. The third-order valence-corrected chi connectivity index (χ3v) is 4.41. The first kappa shape index (κ1) is 17.8. The summed E-state index contributed by atoms with van der Waals surface area (Å²) in [6.45, 7) is 6.27. The average molecular weight is 376 g/mol. The first-order valence-electron chi connectivity index (χ1n) is 9.04. The monoisotopic (exact) mass is 376 g/mol. The molecule has 0 saturated carbocycles. The number of nitrogens with one attached hydrogen (secondary N) is 1. The molecule has 1 N–H and O–H groups in total. The number of aromatic nitrogens is 5. The summed E-state index contributed by atoms with van der Waals surface area (Å²) in [6, 6.07) is 11.1. The highest BCUT2D eigenvalue weighted by Crippen LogP contribution is 2.21. The highest BCUT2D eigenvalue weighted by atomic mass is 16.5. The number of aryl methyl sites for hydroxylation is 1. The molecule has 1 amide bonds. The molecule has 8 nitrogen and oxygen atoms in total. The van der Waals surface area contributed by atoms with E-state index in [1.807, 2.05) is 55.6 Å². The maximum Gasteiger partial charge on any atom is 0.258 e. The lowest BCUT2D eigenvalue weighted by molar-refractivity contribution is 0.0950. The fourth-order valence-corrected chi connectivity index (χ4v) is 2.75. The van der Waals surface area contributed by atoms with Gasteiger partial charge in [-0.3, -0.25) is 9.20 Å². The Hall–Kier alpha value is -3.55. The van der Waals surface area contributed by atoms with Crippen molar-refractivity contribution in [2.45, 2.75) is 33.2 Å². The van der Waals surface area contributed by atoms with E-state index in [1.165, 1.54) is 0 Å². The smallest absolute Gasteiger partial charge is 0.258 e. The highest BCUT2D eigenvalue weighted by molar-refractivity contribution is 5.94. The molecule has 3 heterocycles. The summed E-state index contributed by atoms with van der Waals surface area (Å²) in [5.41, 5.74) is 3.13. The number of carbonyl (C=O) groups is 1. The van der Waals surface area contributed by atoms with Crippen molar-refractivity contribution in [2.24, 2.45) is 0 Å². The molecule has 0 radical (unpaired) electrons. The minimum absolute atomic E-state index is 0.152. The summed E-state index contributed by atoms with van der Waals surface area (Å²) in [6.07, 6.45) is 1.83. The van der Waals surface area contributed by atoms with Gasteiger partial charge in [0.1, 0.15) is 0 Å². The van der Waals surface area contributed by atoms with Gasteiger partial charge in [0.25, 0.3) is 11.8 Å². The molecule has 142 valence electrons. The van der Waals surface area contributed by atoms with Gasteiger partial charge in [0, 0.05) is 23.2 Å². The van der Waals surface area contributed by atoms with Gasteiger partial charge in [-0.25, -0.2) is 0 Å². The van der Waals surface area contributed by atoms with Crippen molar-refractivity contribution in [3.05, 3.63) is 65.4 Å². The van der Waals surface area contributed by atoms with E-state index in [0.29, 0.717) is 28.8 Å². The predicted octanol–water partition coefficient (Wildman–Crippen LogP) is 3.14. The molecular weight excluding hydrogens is 356 g/mol. The van der Waals surface area contributed by atoms with Crippen molar-refractivity contribution in [1.29, 1.82) is 0 Å². The zero-order chi connectivity index (χ0) is 19.7. The summed E-state index contributed by atoms with van der Waals surface area (Å²) < 4.78 is 7.15. The lowest BCUT2D eigenvalue weighted by Crippen LogP contribution is -2.23. The largest absolute Gasteiger partial charge is 0.345 e. The van der Waals surface area contributed by atoms with E-state index in [4.69, 9.17) is 4.52 Å². The lowest BCUT2D eigenvalue weighted by Gasteiger charge is -2.05. The standard InChI is InChI=1S/C20H20N6O2/c1-12(2)18-22-20(28-25-18)15-8-9-26-16(10-15)23-24-17(26)11-21-19(27)14-6-4-13(3)5-7-14/h4-10,12H,11H2,1-3H3,(H,21,27). The number of benzene rings is 1. The Morgan fingerprint density at radius 1 is 1.18 bits per heavy atom. The third kappa shape index (κ3) is 3.48. The molecule has 28 heavy (non-hydrogen) atoms. The predicted molar refractivity (Wildman–Crippen MR) is 103 cm³/mol. The molecular formula is C20H20N6O2. The minimum atomic E-state index is -0.152. The Morgan fingerprint density at radius 3 is 2.68 bits per heavy atom. The van der Waals surface area contributed by atoms with E-state index in [2.05, 4.69) is 25.7 Å². The van der Waals surface area contributed by atoms with Gasteiger partial charge in [-0.2, -0.15) is 4.98 Å². The highest BCUT2D eigenvalue weighted by Gasteiger charge is 2.14. The van der Waals surface area contributed by atoms with Crippen LogP contribution in [0.1, 0.15) is 47.3 Å². The summed E-state index contributed by atoms with van der Waals surface area (Å²) in [5.74, 6) is 1.79. The van der Waals surface area contributed by atoms with Crippen LogP contribution in [-0.2, 0) is 6.54 Å². The molecule has 0 fully saturated rings. The van der Waals surface area contributed by atoms with Crippen LogP contribution in [-0.4, -0.2) is 30.6 Å². The zero-order valence-electron chi connectivity index (χ0n) is 15.9. The van der Waals surface area contributed by atoms with E-state index in [-0.39, 0.29) is 18.4 Å². The molecule has 0 bridgehead atoms. The number of hydrogen-bond donors (Lipinski definition) is 1. The molecule has 0 atom stereocenters. The molecule has 0 saturated heterocycles. The number of nitrogens with zero attached hydrogens (tertiary/aromatic N) is 5. The SMILES string of the molecule is Cc1ccc(C(=O)NCc2nnc3cc(-c4nc(C(C)C)no4)ccn23)cc1. The third-order valence-electron chi connectivity index (χ3n) is 4.41. The Morgan fingerprint density at radius 2 is 1.96 bits per heavy atom. The quantitative estimate of drug-likeness (QED) is 0.575. The average Bonchev–Trinajstić information content (AvgIpc) is 3.33. The van der Waals surface area contributed by atoms with E-state index < -0.39 is 0 Å². The van der Waals surface area contributed by atoms with Gasteiger partial charge < -0.3 is 9.84 Å². The molecule has 0 aliphatic carbocycles. The van der Waals surface area contributed by atoms with Crippen LogP contribution in [0.2, 0.25) is 0 Å². The lowest BCUT2D eigenvalue weighted by atomic mass is 10.1. The van der Waals surface area contributed by atoms with Gasteiger partial charge >= 0.3 is 0 Å². The number of rotatable bonds is 5. The second kappa shape index (κ2) is 7.22. The van der Waals surface area contributed by atoms with Crippen LogP contribution in [0.3, 0.4) is 0 Å². The molecule has 4 rings (SSSR count). The van der Waals surface area contributed by atoms with Gasteiger partial charge in [0.2, 0.25) is 0 Å². The van der Waals surface area contributed by atoms with Crippen LogP contribution in [0.25, 0.3) is 17.1 Å². The van der Waals surface area contributed by atoms with Crippen molar-refractivity contribution in [3.8, 4) is 11.5 Å². The fraction of sp³-hybridized carbons (Fsp3) is 0.250. The summed E-state index contributed by atoms with van der Waals surface area (Å²) in [4.78, 5) is 16.7. The van der Waals surface area contributed by atoms with E-state index >= 15 is 0 Å². The van der Waals surface area contributed by atoms with Crippen molar-refractivity contribution in [1.82, 2.24) is 30.1 Å². The zero-order valence-corrected chi connectivity index (χ0v) is 15.9. The second-order valence-corrected chi connectivity index (χ2v) is 6.92. The maximum atomic E-state index is 12.3. The Kier molecular flexibility index (Phi) is 4.60. The molecule has 8 heteroatoms. The van der Waals surface area contributed by atoms with Crippen molar-refractivity contribution >= 4 is 11.6 Å². The fourth-order valence-electron chi connectivity index (χ4n) is 2.75. The molecule has 0 unspecified atom stereocenters. The van der Waals surface area contributed by atoms with Crippen molar-refractivity contribution in [3.63, 3.8) is 0 Å². The summed E-state index contributed by atoms with van der Waals surface area (Å²) >= 11 is 0. The number of hydrogen-bond acceptors (Lipinski definition) is 6. The molecule has 3 aromatic heterocycles. The van der Waals surface area contributed by atoms with Crippen LogP contribution in [0.5, 0.6) is 0 Å². The van der Waals surface area contributed by atoms with Crippen LogP contribution in [0.4, 0.5) is 0 Å². The van der Waals surface area contributed by atoms with Crippen molar-refractivity contribution < 1.29 is 9.32 Å². The van der Waals surface area contributed by atoms with Gasteiger partial charge in [-0.1, -0.05) is 36.7 Å². The first-order valence-corrected chi connectivity index (χ1v) is 9.04. The maximum absolute atomic E-state index is 12.3. The number of carbonyl (C=O) groups excluding carboxylic acids is 1. The number of fused-ring (bicyclic) bond motifs is 1. The normalized spacial score (nSPS) is 11.3. The first-order chi connectivity index (χ1) is 13.5.